The maximum atomic E-state index is 8.35. The van der Waals surface area contributed by atoms with Crippen LogP contribution in [0.1, 0.15) is 6.42 Å². The Hall–Kier alpha value is -0.880. The molecule has 0 atom stereocenters. The van der Waals surface area contributed by atoms with E-state index in [-0.39, 0.29) is 5.05 Å². The lowest BCUT2D eigenvalue weighted by molar-refractivity contribution is 0.557. The molecule has 0 saturated carbocycles. The highest BCUT2D eigenvalue weighted by atomic mass is 32.1. The van der Waals surface area contributed by atoms with Crippen LogP contribution in [0, 0.1) is 11.3 Å². The third kappa shape index (κ3) is 5.12. The molecule has 42 valence electrons. The lowest BCUT2D eigenvalue weighted by Gasteiger charge is -1.81. The first-order valence-corrected chi connectivity index (χ1v) is 2.44. The number of aliphatic hydroxyl groups is 1. The van der Waals surface area contributed by atoms with Gasteiger partial charge in [0.1, 0.15) is 0 Å². The molecule has 0 saturated heterocycles. The van der Waals surface area contributed by atoms with Crippen molar-refractivity contribution in [1.82, 2.24) is 0 Å². The van der Waals surface area contributed by atoms with Crippen molar-refractivity contribution in [2.75, 3.05) is 0 Å². The van der Waals surface area contributed by atoms with Gasteiger partial charge in [0.25, 0.3) is 0 Å². The first-order chi connectivity index (χ1) is 3.77. The molecule has 0 aliphatic heterocycles. The van der Waals surface area contributed by atoms with E-state index in [2.05, 4.69) is 12.2 Å². The molecule has 0 bridgehead atoms. The molecule has 0 radical (unpaired) electrons. The van der Waals surface area contributed by atoms with Crippen molar-refractivity contribution in [3.8, 4) is 6.07 Å². The quantitative estimate of drug-likeness (QED) is 0.449. The van der Waals surface area contributed by atoms with E-state index in [1.165, 1.54) is 12.2 Å². The Morgan fingerprint density at radius 3 is 2.88 bits per heavy atom. The van der Waals surface area contributed by atoms with Gasteiger partial charge in [-0.25, -0.2) is 0 Å². The fourth-order valence-electron chi connectivity index (χ4n) is 0.212. The van der Waals surface area contributed by atoms with Gasteiger partial charge in [0.05, 0.1) is 6.07 Å². The van der Waals surface area contributed by atoms with E-state index in [1.54, 1.807) is 6.07 Å². The number of hydrogen-bond donors (Lipinski definition) is 1. The SMILES string of the molecule is N#C/C=C\CC(O)=S. The maximum Gasteiger partial charge on any atom is 0.160 e. The highest BCUT2D eigenvalue weighted by Crippen LogP contribution is 1.82. The Labute approximate surface area is 53.1 Å². The zero-order valence-corrected chi connectivity index (χ0v) is 4.98. The molecular formula is C5H5NOS. The minimum Gasteiger partial charge on any atom is -0.502 e. The third-order valence-electron chi connectivity index (χ3n) is 0.485. The number of nitrogens with zero attached hydrogens (tertiary/aromatic N) is 1. The lowest BCUT2D eigenvalue weighted by Crippen LogP contribution is -1.84. The number of hydrogen-bond acceptors (Lipinski definition) is 2. The minimum atomic E-state index is -0.0866. The zero-order chi connectivity index (χ0) is 6.41. The Morgan fingerprint density at radius 1 is 1.88 bits per heavy atom. The highest BCUT2D eigenvalue weighted by molar-refractivity contribution is 7.80. The van der Waals surface area contributed by atoms with E-state index < -0.39 is 0 Å². The molecule has 0 amide bonds. The fraction of sp³-hybridized carbons (Fsp3) is 0.200. The molecule has 8 heavy (non-hydrogen) atoms. The summed E-state index contributed by atoms with van der Waals surface area (Å²) in [6, 6.07) is 1.77. The van der Waals surface area contributed by atoms with Gasteiger partial charge < -0.3 is 5.11 Å². The van der Waals surface area contributed by atoms with Gasteiger partial charge in [-0.2, -0.15) is 5.26 Å². The topological polar surface area (TPSA) is 44.0 Å². The van der Waals surface area contributed by atoms with Gasteiger partial charge in [-0.15, -0.1) is 0 Å². The second-order valence-electron chi connectivity index (χ2n) is 1.13. The molecule has 0 spiro atoms. The zero-order valence-electron chi connectivity index (χ0n) is 4.16. The summed E-state index contributed by atoms with van der Waals surface area (Å²) >= 11 is 4.30. The predicted octanol–water partition coefficient (Wildman–Crippen LogP) is 1.34. The predicted molar refractivity (Wildman–Crippen MR) is 34.6 cm³/mol. The van der Waals surface area contributed by atoms with Crippen molar-refractivity contribution < 1.29 is 5.11 Å². The minimum absolute atomic E-state index is 0.0866. The van der Waals surface area contributed by atoms with E-state index in [0.717, 1.165) is 0 Å². The number of thiocarbonyl (C=S) groups is 1. The molecule has 3 heteroatoms. The summed E-state index contributed by atoms with van der Waals surface area (Å²) in [7, 11) is 0. The van der Waals surface area contributed by atoms with Gasteiger partial charge >= 0.3 is 0 Å². The van der Waals surface area contributed by atoms with Crippen LogP contribution >= 0.6 is 12.2 Å². The monoisotopic (exact) mass is 127 g/mol. The molecule has 0 aliphatic rings. The van der Waals surface area contributed by atoms with Gasteiger partial charge in [-0.1, -0.05) is 6.08 Å². The van der Waals surface area contributed by atoms with Crippen LogP contribution in [-0.4, -0.2) is 10.2 Å². The molecule has 0 heterocycles. The second-order valence-corrected chi connectivity index (χ2v) is 1.60. The van der Waals surface area contributed by atoms with Crippen LogP contribution in [0.3, 0.4) is 0 Å². The molecule has 0 aromatic rings. The molecule has 0 aromatic carbocycles. The van der Waals surface area contributed by atoms with Crippen LogP contribution in [-0.2, 0) is 0 Å². The van der Waals surface area contributed by atoms with Crippen LogP contribution in [0.4, 0.5) is 0 Å². The standard InChI is InChI=1S/C5H5NOS/c6-4-2-1-3-5(7)8/h1-2H,3H2,(H,7,8)/b2-1-. The van der Waals surface area contributed by atoms with Gasteiger partial charge in [0, 0.05) is 12.5 Å². The van der Waals surface area contributed by atoms with Gasteiger partial charge in [0.15, 0.2) is 5.05 Å². The van der Waals surface area contributed by atoms with Crippen LogP contribution < -0.4 is 0 Å². The fourth-order valence-corrected chi connectivity index (χ4v) is 0.309. The molecule has 0 rings (SSSR count). The normalized spacial score (nSPS) is 8.88. The van der Waals surface area contributed by atoms with Crippen molar-refractivity contribution >= 4 is 17.3 Å². The summed E-state index contributed by atoms with van der Waals surface area (Å²) < 4.78 is 0. The number of rotatable bonds is 2. The molecular weight excluding hydrogens is 122 g/mol. The number of allylic oxidation sites excluding steroid dienone is 1. The van der Waals surface area contributed by atoms with Crippen LogP contribution in [0.25, 0.3) is 0 Å². The number of aliphatic hydroxyl groups excluding tert-OH is 1. The van der Waals surface area contributed by atoms with E-state index in [4.69, 9.17) is 10.4 Å². The molecule has 1 N–H and O–H groups in total. The summed E-state index contributed by atoms with van der Waals surface area (Å²) in [5, 5.41) is 16.2. The molecule has 0 aromatic heterocycles. The first kappa shape index (κ1) is 7.12. The number of nitriles is 1. The second kappa shape index (κ2) is 4.28. The smallest absolute Gasteiger partial charge is 0.160 e. The van der Waals surface area contributed by atoms with E-state index in [0.29, 0.717) is 6.42 Å². The average Bonchev–Trinajstić information content (AvgIpc) is 1.66. The molecule has 0 unspecified atom stereocenters. The Bertz CT molecular complexity index is 145. The van der Waals surface area contributed by atoms with E-state index in [1.807, 2.05) is 0 Å². The van der Waals surface area contributed by atoms with Crippen molar-refractivity contribution in [2.24, 2.45) is 0 Å². The third-order valence-corrected chi connectivity index (χ3v) is 0.652. The summed E-state index contributed by atoms with van der Waals surface area (Å²) in [4.78, 5) is 0. The summed E-state index contributed by atoms with van der Waals surface area (Å²) in [5.41, 5.74) is 0. The largest absolute Gasteiger partial charge is 0.502 e. The summed E-state index contributed by atoms with van der Waals surface area (Å²) in [5.74, 6) is 0. The van der Waals surface area contributed by atoms with Gasteiger partial charge in [-0.05, 0) is 12.2 Å². The van der Waals surface area contributed by atoms with Crippen molar-refractivity contribution in [3.63, 3.8) is 0 Å². The Kier molecular flexibility index (Phi) is 3.81. The van der Waals surface area contributed by atoms with Gasteiger partial charge in [0.2, 0.25) is 0 Å². The summed E-state index contributed by atoms with van der Waals surface area (Å²) in [6.45, 7) is 0. The van der Waals surface area contributed by atoms with Crippen LogP contribution in [0.15, 0.2) is 12.2 Å². The van der Waals surface area contributed by atoms with E-state index in [9.17, 15) is 0 Å². The maximum absolute atomic E-state index is 8.35. The Balaban J connectivity index is 3.34. The van der Waals surface area contributed by atoms with E-state index >= 15 is 0 Å². The van der Waals surface area contributed by atoms with Crippen molar-refractivity contribution in [1.29, 1.82) is 5.26 Å². The van der Waals surface area contributed by atoms with Crippen molar-refractivity contribution in [2.45, 2.75) is 6.42 Å². The Morgan fingerprint density at radius 2 is 2.50 bits per heavy atom. The van der Waals surface area contributed by atoms with Gasteiger partial charge in [-0.3, -0.25) is 0 Å². The van der Waals surface area contributed by atoms with Crippen LogP contribution in [0.2, 0.25) is 0 Å². The summed E-state index contributed by atoms with van der Waals surface area (Å²) in [6.07, 6.45) is 3.08. The van der Waals surface area contributed by atoms with Crippen LogP contribution in [0.5, 0.6) is 0 Å². The molecule has 2 nitrogen and oxygen atoms in total. The lowest BCUT2D eigenvalue weighted by atomic mass is 10.4. The van der Waals surface area contributed by atoms with Crippen molar-refractivity contribution in [3.05, 3.63) is 12.2 Å². The molecule has 0 aliphatic carbocycles. The average molecular weight is 127 g/mol. The highest BCUT2D eigenvalue weighted by Gasteiger charge is 1.80. The first-order valence-electron chi connectivity index (χ1n) is 2.04. The molecule has 0 fully saturated rings.